The van der Waals surface area contributed by atoms with Crippen molar-refractivity contribution in [1.29, 1.82) is 0 Å². The van der Waals surface area contributed by atoms with Gasteiger partial charge in [0.25, 0.3) is 11.8 Å². The minimum Gasteiger partial charge on any atom is -0.481 e. The fourth-order valence-electron chi connectivity index (χ4n) is 1.85. The van der Waals surface area contributed by atoms with Crippen LogP contribution in [0, 0.1) is 12.7 Å². The second-order valence-corrected chi connectivity index (χ2v) is 6.74. The number of hydrazine groups is 1. The van der Waals surface area contributed by atoms with Gasteiger partial charge in [-0.05, 0) is 38.1 Å². The molecule has 0 spiro atoms. The molecule has 1 atom stereocenters. The minimum absolute atomic E-state index is 0.0210. The first-order valence-electron chi connectivity index (χ1n) is 7.65. The zero-order valence-corrected chi connectivity index (χ0v) is 14.7. The molecule has 0 fully saturated rings. The summed E-state index contributed by atoms with van der Waals surface area (Å²) in [6.07, 6.45) is 0. The number of ether oxygens (including phenoxy) is 1. The van der Waals surface area contributed by atoms with Gasteiger partial charge in [0.05, 0.1) is 5.25 Å². The molecular weight excluding hydrogens is 343 g/mol. The van der Waals surface area contributed by atoms with E-state index in [1.54, 1.807) is 13.0 Å². The summed E-state index contributed by atoms with van der Waals surface area (Å²) in [6, 6.07) is 13.6. The number of carbonyl (C=O) groups excluding carboxylic acids is 2. The lowest BCUT2D eigenvalue weighted by Gasteiger charge is -2.13. The molecule has 2 rings (SSSR count). The number of aryl methyl sites for hydroxylation is 1. The molecule has 132 valence electrons. The number of nitrogens with one attached hydrogen (secondary N) is 2. The number of halogens is 1. The van der Waals surface area contributed by atoms with Crippen LogP contribution in [0.4, 0.5) is 4.39 Å². The van der Waals surface area contributed by atoms with Crippen molar-refractivity contribution in [2.45, 2.75) is 24.0 Å². The van der Waals surface area contributed by atoms with Crippen LogP contribution in [0.1, 0.15) is 12.5 Å². The van der Waals surface area contributed by atoms with Crippen LogP contribution in [0.15, 0.2) is 53.4 Å². The standard InChI is InChI=1S/C18H19FN2O3S/c1-12-7-9-14(10-8-12)25-13(2)18(23)21-20-17(22)11-24-16-6-4-3-5-15(16)19/h3-10,13H,11H2,1-2H3,(H,20,22)(H,21,23)/t13-/m0/s1. The Kier molecular flexibility index (Phi) is 6.82. The Morgan fingerprint density at radius 2 is 1.80 bits per heavy atom. The van der Waals surface area contributed by atoms with Crippen LogP contribution >= 0.6 is 11.8 Å². The van der Waals surface area contributed by atoms with Crippen molar-refractivity contribution in [3.63, 3.8) is 0 Å². The van der Waals surface area contributed by atoms with Crippen LogP contribution in [0.2, 0.25) is 0 Å². The van der Waals surface area contributed by atoms with Gasteiger partial charge in [0.2, 0.25) is 0 Å². The maximum absolute atomic E-state index is 13.4. The Bertz CT molecular complexity index is 737. The predicted molar refractivity (Wildman–Crippen MR) is 94.7 cm³/mol. The fourth-order valence-corrected chi connectivity index (χ4v) is 2.72. The normalized spacial score (nSPS) is 11.5. The minimum atomic E-state index is -0.580. The van der Waals surface area contributed by atoms with Crippen LogP contribution in [0.5, 0.6) is 5.75 Å². The Balaban J connectivity index is 1.74. The summed E-state index contributed by atoms with van der Waals surface area (Å²) in [4.78, 5) is 24.6. The second-order valence-electron chi connectivity index (χ2n) is 5.33. The molecule has 0 aliphatic rings. The van der Waals surface area contributed by atoms with E-state index in [0.29, 0.717) is 0 Å². The van der Waals surface area contributed by atoms with Gasteiger partial charge in [-0.15, -0.1) is 11.8 Å². The molecule has 0 heterocycles. The summed E-state index contributed by atoms with van der Waals surface area (Å²) in [7, 11) is 0. The molecule has 0 bridgehead atoms. The summed E-state index contributed by atoms with van der Waals surface area (Å²) in [5.74, 6) is -1.50. The Labute approximate surface area is 149 Å². The maximum atomic E-state index is 13.4. The Hall–Kier alpha value is -2.54. The number of carbonyl (C=O) groups is 2. The van der Waals surface area contributed by atoms with Crippen molar-refractivity contribution in [3.8, 4) is 5.75 Å². The van der Waals surface area contributed by atoms with Gasteiger partial charge in [0.1, 0.15) is 0 Å². The van der Waals surface area contributed by atoms with Crippen molar-refractivity contribution < 1.29 is 18.7 Å². The number of benzene rings is 2. The summed E-state index contributed by atoms with van der Waals surface area (Å²) in [5.41, 5.74) is 5.72. The lowest BCUT2D eigenvalue weighted by Crippen LogP contribution is -2.46. The molecule has 0 radical (unpaired) electrons. The molecule has 25 heavy (non-hydrogen) atoms. The van der Waals surface area contributed by atoms with Crippen LogP contribution in [-0.4, -0.2) is 23.7 Å². The SMILES string of the molecule is Cc1ccc(S[C@@H](C)C(=O)NNC(=O)COc2ccccc2F)cc1. The monoisotopic (exact) mass is 362 g/mol. The third-order valence-electron chi connectivity index (χ3n) is 3.22. The average Bonchev–Trinajstić information content (AvgIpc) is 2.60. The van der Waals surface area contributed by atoms with Gasteiger partial charge in [0, 0.05) is 4.90 Å². The molecule has 5 nitrogen and oxygen atoms in total. The van der Waals surface area contributed by atoms with Gasteiger partial charge in [-0.1, -0.05) is 29.8 Å². The highest BCUT2D eigenvalue weighted by atomic mass is 32.2. The maximum Gasteiger partial charge on any atom is 0.276 e. The largest absolute Gasteiger partial charge is 0.481 e. The lowest BCUT2D eigenvalue weighted by atomic mass is 10.2. The molecule has 0 unspecified atom stereocenters. The quantitative estimate of drug-likeness (QED) is 0.613. The van der Waals surface area contributed by atoms with E-state index < -0.39 is 23.6 Å². The number of amides is 2. The summed E-state index contributed by atoms with van der Waals surface area (Å²) in [6.45, 7) is 3.33. The first kappa shape index (κ1) is 18.8. The van der Waals surface area contributed by atoms with Gasteiger partial charge in [0.15, 0.2) is 18.2 Å². The van der Waals surface area contributed by atoms with Crippen LogP contribution in [-0.2, 0) is 9.59 Å². The van der Waals surface area contributed by atoms with Gasteiger partial charge >= 0.3 is 0 Å². The third kappa shape index (κ3) is 6.11. The van der Waals surface area contributed by atoms with Crippen molar-refractivity contribution in [2.24, 2.45) is 0 Å². The molecule has 2 N–H and O–H groups in total. The molecule has 0 aliphatic heterocycles. The lowest BCUT2D eigenvalue weighted by molar-refractivity contribution is -0.129. The van der Waals surface area contributed by atoms with E-state index in [4.69, 9.17) is 4.74 Å². The molecular formula is C18H19FN2O3S. The zero-order valence-electron chi connectivity index (χ0n) is 13.9. The van der Waals surface area contributed by atoms with Gasteiger partial charge in [-0.3, -0.25) is 20.4 Å². The van der Waals surface area contributed by atoms with E-state index in [-0.39, 0.29) is 11.7 Å². The predicted octanol–water partition coefficient (Wildman–Crippen LogP) is 2.84. The van der Waals surface area contributed by atoms with Crippen LogP contribution in [0.3, 0.4) is 0 Å². The first-order chi connectivity index (χ1) is 12.0. The van der Waals surface area contributed by atoms with E-state index in [9.17, 15) is 14.0 Å². The van der Waals surface area contributed by atoms with E-state index in [2.05, 4.69) is 10.9 Å². The molecule has 0 saturated carbocycles. The average molecular weight is 362 g/mol. The van der Waals surface area contributed by atoms with Crippen LogP contribution < -0.4 is 15.6 Å². The van der Waals surface area contributed by atoms with Crippen molar-refractivity contribution in [2.75, 3.05) is 6.61 Å². The first-order valence-corrected chi connectivity index (χ1v) is 8.53. The molecule has 0 aliphatic carbocycles. The summed E-state index contributed by atoms with van der Waals surface area (Å²) in [5, 5.41) is -0.393. The van der Waals surface area contributed by atoms with Crippen molar-refractivity contribution in [3.05, 3.63) is 59.9 Å². The number of thioether (sulfide) groups is 1. The molecule has 0 aromatic heterocycles. The number of rotatable bonds is 6. The van der Waals surface area contributed by atoms with Gasteiger partial charge in [-0.2, -0.15) is 0 Å². The Morgan fingerprint density at radius 3 is 2.48 bits per heavy atom. The number of hydrogen-bond acceptors (Lipinski definition) is 4. The second kappa shape index (κ2) is 9.08. The molecule has 7 heteroatoms. The zero-order chi connectivity index (χ0) is 18.2. The van der Waals surface area contributed by atoms with Crippen molar-refractivity contribution >= 4 is 23.6 Å². The van der Waals surface area contributed by atoms with E-state index in [1.807, 2.05) is 31.2 Å². The molecule has 2 aromatic rings. The summed E-state index contributed by atoms with van der Waals surface area (Å²) >= 11 is 1.38. The Morgan fingerprint density at radius 1 is 1.12 bits per heavy atom. The van der Waals surface area contributed by atoms with Gasteiger partial charge < -0.3 is 4.74 Å². The number of para-hydroxylation sites is 1. The highest BCUT2D eigenvalue weighted by molar-refractivity contribution is 8.00. The van der Waals surface area contributed by atoms with Crippen LogP contribution in [0.25, 0.3) is 0 Å². The van der Waals surface area contributed by atoms with Gasteiger partial charge in [-0.25, -0.2) is 4.39 Å². The fraction of sp³-hybridized carbons (Fsp3) is 0.222. The molecule has 2 aromatic carbocycles. The highest BCUT2D eigenvalue weighted by Crippen LogP contribution is 2.23. The van der Waals surface area contributed by atoms with E-state index >= 15 is 0 Å². The number of hydrogen-bond donors (Lipinski definition) is 2. The molecule has 2 amide bonds. The summed E-state index contributed by atoms with van der Waals surface area (Å²) < 4.78 is 18.4. The van der Waals surface area contributed by atoms with Crippen molar-refractivity contribution in [1.82, 2.24) is 10.9 Å². The smallest absolute Gasteiger partial charge is 0.276 e. The topological polar surface area (TPSA) is 67.4 Å². The van der Waals surface area contributed by atoms with E-state index in [0.717, 1.165) is 10.5 Å². The molecule has 0 saturated heterocycles. The third-order valence-corrected chi connectivity index (χ3v) is 4.34. The highest BCUT2D eigenvalue weighted by Gasteiger charge is 2.15. The van der Waals surface area contributed by atoms with E-state index in [1.165, 1.54) is 30.0 Å².